The summed E-state index contributed by atoms with van der Waals surface area (Å²) in [5, 5.41) is 0. The zero-order chi connectivity index (χ0) is 12.8. The van der Waals surface area contributed by atoms with Gasteiger partial charge in [0.2, 0.25) is 5.78 Å². The number of hydrogen-bond donors (Lipinski definition) is 0. The summed E-state index contributed by atoms with van der Waals surface area (Å²) in [6, 6.07) is 5.32. The summed E-state index contributed by atoms with van der Waals surface area (Å²) in [6.07, 6.45) is 1.60. The maximum Gasteiger partial charge on any atom is 0.202 e. The number of methoxy groups -OCH3 is 1. The molecule has 96 valence electrons. The van der Waals surface area contributed by atoms with Gasteiger partial charge >= 0.3 is 0 Å². The Balaban J connectivity index is 2.07. The largest absolute Gasteiger partial charge is 0.497 e. The Morgan fingerprint density at radius 1 is 1.44 bits per heavy atom. The van der Waals surface area contributed by atoms with Crippen LogP contribution in [-0.2, 0) is 4.74 Å². The molecule has 0 N–H and O–H groups in total. The quantitative estimate of drug-likeness (QED) is 0.764. The van der Waals surface area contributed by atoms with Gasteiger partial charge in [-0.3, -0.25) is 4.79 Å². The highest BCUT2D eigenvalue weighted by Crippen LogP contribution is 2.40. The van der Waals surface area contributed by atoms with Crippen molar-refractivity contribution < 1.29 is 19.0 Å². The molecule has 0 aliphatic carbocycles. The van der Waals surface area contributed by atoms with Crippen molar-refractivity contribution in [2.24, 2.45) is 0 Å². The molecule has 0 saturated carbocycles. The van der Waals surface area contributed by atoms with E-state index >= 15 is 0 Å². The molecule has 2 heterocycles. The molecule has 0 spiro atoms. The second-order valence-corrected chi connectivity index (χ2v) is 4.90. The highest BCUT2D eigenvalue weighted by atomic mass is 16.6. The molecule has 1 fully saturated rings. The Kier molecular flexibility index (Phi) is 2.55. The number of ether oxygens (including phenoxy) is 3. The molecule has 3 rings (SSSR count). The minimum Gasteiger partial charge on any atom is -0.497 e. The predicted molar refractivity (Wildman–Crippen MR) is 65.3 cm³/mol. The number of fused-ring (bicyclic) bond motifs is 2. The first-order chi connectivity index (χ1) is 8.65. The van der Waals surface area contributed by atoms with Gasteiger partial charge in [0.05, 0.1) is 12.7 Å². The van der Waals surface area contributed by atoms with E-state index in [0.717, 1.165) is 12.8 Å². The Hall–Kier alpha value is -1.55. The van der Waals surface area contributed by atoms with Gasteiger partial charge in [0.25, 0.3) is 0 Å². The summed E-state index contributed by atoms with van der Waals surface area (Å²) in [5.41, 5.74) is -0.299. The van der Waals surface area contributed by atoms with Gasteiger partial charge in [0, 0.05) is 6.61 Å². The molecule has 2 aliphatic rings. The molecule has 2 aliphatic heterocycles. The van der Waals surface area contributed by atoms with Crippen LogP contribution < -0.4 is 9.47 Å². The Morgan fingerprint density at radius 2 is 2.28 bits per heavy atom. The monoisotopic (exact) mass is 248 g/mol. The van der Waals surface area contributed by atoms with Crippen LogP contribution in [0.25, 0.3) is 0 Å². The molecule has 2 atom stereocenters. The first-order valence-electron chi connectivity index (χ1n) is 6.18. The van der Waals surface area contributed by atoms with Gasteiger partial charge in [0.15, 0.2) is 5.60 Å². The summed E-state index contributed by atoms with van der Waals surface area (Å²) < 4.78 is 16.8. The molecule has 0 amide bonds. The Labute approximate surface area is 106 Å². The van der Waals surface area contributed by atoms with E-state index in [1.165, 1.54) is 0 Å². The lowest BCUT2D eigenvalue weighted by atomic mass is 9.82. The normalized spacial score (nSPS) is 30.1. The van der Waals surface area contributed by atoms with Crippen molar-refractivity contribution in [1.82, 2.24) is 0 Å². The number of hydrogen-bond acceptors (Lipinski definition) is 4. The van der Waals surface area contributed by atoms with E-state index < -0.39 is 5.60 Å². The zero-order valence-corrected chi connectivity index (χ0v) is 10.6. The van der Waals surface area contributed by atoms with E-state index in [1.807, 2.05) is 6.92 Å². The molecule has 4 nitrogen and oxygen atoms in total. The van der Waals surface area contributed by atoms with E-state index in [0.29, 0.717) is 23.7 Å². The highest BCUT2D eigenvalue weighted by Gasteiger charge is 2.50. The van der Waals surface area contributed by atoms with Gasteiger partial charge in [-0.1, -0.05) is 0 Å². The van der Waals surface area contributed by atoms with Crippen LogP contribution in [0, 0.1) is 0 Å². The Bertz CT molecular complexity index is 497. The van der Waals surface area contributed by atoms with Crippen molar-refractivity contribution in [2.45, 2.75) is 31.5 Å². The zero-order valence-electron chi connectivity index (χ0n) is 10.6. The maximum atomic E-state index is 12.6. The molecule has 0 aromatic heterocycles. The second-order valence-electron chi connectivity index (χ2n) is 4.90. The van der Waals surface area contributed by atoms with Crippen LogP contribution in [0.4, 0.5) is 0 Å². The van der Waals surface area contributed by atoms with Crippen LogP contribution in [0.1, 0.15) is 30.1 Å². The van der Waals surface area contributed by atoms with Crippen molar-refractivity contribution in [2.75, 3.05) is 13.7 Å². The fourth-order valence-corrected chi connectivity index (χ4v) is 2.64. The lowest BCUT2D eigenvalue weighted by Gasteiger charge is -2.43. The van der Waals surface area contributed by atoms with E-state index in [2.05, 4.69) is 0 Å². The van der Waals surface area contributed by atoms with Gasteiger partial charge in [-0.25, -0.2) is 0 Å². The van der Waals surface area contributed by atoms with Crippen molar-refractivity contribution >= 4 is 5.78 Å². The van der Waals surface area contributed by atoms with E-state index in [9.17, 15) is 4.79 Å². The average molecular weight is 248 g/mol. The molecule has 0 radical (unpaired) electrons. The number of rotatable bonds is 1. The topological polar surface area (TPSA) is 44.8 Å². The summed E-state index contributed by atoms with van der Waals surface area (Å²) in [4.78, 5) is 12.6. The first-order valence-corrected chi connectivity index (χ1v) is 6.18. The third-order valence-corrected chi connectivity index (χ3v) is 3.78. The molecule has 1 saturated heterocycles. The third kappa shape index (κ3) is 1.52. The predicted octanol–water partition coefficient (Wildman–Crippen LogP) is 2.21. The smallest absolute Gasteiger partial charge is 0.202 e. The first kappa shape index (κ1) is 11.5. The van der Waals surface area contributed by atoms with Crippen molar-refractivity contribution in [3.8, 4) is 11.5 Å². The van der Waals surface area contributed by atoms with Crippen molar-refractivity contribution in [3.63, 3.8) is 0 Å². The van der Waals surface area contributed by atoms with Crippen LogP contribution >= 0.6 is 0 Å². The van der Waals surface area contributed by atoms with Crippen LogP contribution in [0.2, 0.25) is 0 Å². The van der Waals surface area contributed by atoms with Crippen LogP contribution in [0.15, 0.2) is 18.2 Å². The number of Topliss-reactive ketones (excluding diaryl/α,β-unsaturated/α-hetero) is 1. The van der Waals surface area contributed by atoms with Crippen molar-refractivity contribution in [3.05, 3.63) is 23.8 Å². The minimum absolute atomic E-state index is 0.00708. The number of benzene rings is 1. The standard InChI is InChI=1S/C14H16O4/c1-14-12(4-3-7-17-14)18-11-6-5-9(16-2)8-10(11)13(14)15/h5-6,8,12H,3-4,7H2,1-2H3/t12-,14-/m0/s1. The van der Waals surface area contributed by atoms with Gasteiger partial charge in [-0.2, -0.15) is 0 Å². The number of carbonyl (C=O) groups is 1. The lowest BCUT2D eigenvalue weighted by Crippen LogP contribution is -2.57. The molecule has 4 heteroatoms. The van der Waals surface area contributed by atoms with Crippen LogP contribution in [-0.4, -0.2) is 31.2 Å². The van der Waals surface area contributed by atoms with Gasteiger partial charge < -0.3 is 14.2 Å². The molecule has 0 unspecified atom stereocenters. The van der Waals surface area contributed by atoms with Crippen LogP contribution in [0.5, 0.6) is 11.5 Å². The third-order valence-electron chi connectivity index (χ3n) is 3.78. The van der Waals surface area contributed by atoms with E-state index in [-0.39, 0.29) is 11.9 Å². The highest BCUT2D eigenvalue weighted by molar-refractivity contribution is 6.06. The van der Waals surface area contributed by atoms with E-state index in [1.54, 1.807) is 25.3 Å². The fraction of sp³-hybridized carbons (Fsp3) is 0.500. The lowest BCUT2D eigenvalue weighted by molar-refractivity contribution is -0.112. The summed E-state index contributed by atoms with van der Waals surface area (Å²) in [5.74, 6) is 1.28. The molecule has 18 heavy (non-hydrogen) atoms. The van der Waals surface area contributed by atoms with Gasteiger partial charge in [0.1, 0.15) is 17.6 Å². The molecule has 1 aromatic carbocycles. The summed E-state index contributed by atoms with van der Waals surface area (Å²) in [6.45, 7) is 2.43. The second kappa shape index (κ2) is 3.99. The van der Waals surface area contributed by atoms with Gasteiger partial charge in [-0.15, -0.1) is 0 Å². The van der Waals surface area contributed by atoms with E-state index in [4.69, 9.17) is 14.2 Å². The number of ketones is 1. The molecule has 0 bridgehead atoms. The molecular formula is C14H16O4. The maximum absolute atomic E-state index is 12.6. The molecule has 1 aromatic rings. The summed E-state index contributed by atoms with van der Waals surface area (Å²) >= 11 is 0. The Morgan fingerprint density at radius 3 is 3.06 bits per heavy atom. The average Bonchev–Trinajstić information content (AvgIpc) is 2.40. The molecular weight excluding hydrogens is 232 g/mol. The van der Waals surface area contributed by atoms with Crippen molar-refractivity contribution in [1.29, 1.82) is 0 Å². The minimum atomic E-state index is -0.850. The summed E-state index contributed by atoms with van der Waals surface area (Å²) in [7, 11) is 1.58. The van der Waals surface area contributed by atoms with Gasteiger partial charge in [-0.05, 0) is 38.0 Å². The van der Waals surface area contributed by atoms with Crippen LogP contribution in [0.3, 0.4) is 0 Å². The number of carbonyl (C=O) groups excluding carboxylic acids is 1. The SMILES string of the molecule is COc1ccc2c(c1)C(=O)[C@@]1(C)OCCC[C@@H]1O2. The fourth-order valence-electron chi connectivity index (χ4n) is 2.64.